The first kappa shape index (κ1) is 13.9. The van der Waals surface area contributed by atoms with Crippen molar-refractivity contribution >= 4 is 35.3 Å². The molecule has 0 fully saturated rings. The second-order valence-corrected chi connectivity index (χ2v) is 6.79. The smallest absolute Gasteiger partial charge is 0.0152 e. The van der Waals surface area contributed by atoms with Crippen molar-refractivity contribution in [2.75, 3.05) is 12.5 Å². The third-order valence-corrected chi connectivity index (χ3v) is 5.27. The second kappa shape index (κ2) is 6.60. The number of benzene rings is 2. The maximum Gasteiger partial charge on any atom is 0.0152 e. The van der Waals surface area contributed by atoms with Crippen LogP contribution in [0.2, 0.25) is 0 Å². The van der Waals surface area contributed by atoms with E-state index in [0.717, 1.165) is 0 Å². The first-order valence-electron chi connectivity index (χ1n) is 5.69. The molecule has 0 bridgehead atoms. The lowest BCUT2D eigenvalue weighted by atomic mass is 10.2. The van der Waals surface area contributed by atoms with Crippen LogP contribution in [0.4, 0.5) is 0 Å². The van der Waals surface area contributed by atoms with Gasteiger partial charge in [-0.3, -0.25) is 0 Å². The SMILES string of the molecule is CSc1cccc(Sc2ccc(SC)cc2C)c1. The zero-order chi connectivity index (χ0) is 13.0. The van der Waals surface area contributed by atoms with Crippen LogP contribution < -0.4 is 0 Å². The van der Waals surface area contributed by atoms with Crippen molar-refractivity contribution in [2.24, 2.45) is 0 Å². The van der Waals surface area contributed by atoms with Crippen LogP contribution in [0.3, 0.4) is 0 Å². The molecule has 0 spiro atoms. The molecule has 0 N–H and O–H groups in total. The Hall–Kier alpha value is -0.510. The summed E-state index contributed by atoms with van der Waals surface area (Å²) in [6.07, 6.45) is 4.23. The molecule has 18 heavy (non-hydrogen) atoms. The summed E-state index contributed by atoms with van der Waals surface area (Å²) in [5, 5.41) is 0. The van der Waals surface area contributed by atoms with E-state index in [2.05, 4.69) is 61.9 Å². The van der Waals surface area contributed by atoms with Crippen molar-refractivity contribution in [1.82, 2.24) is 0 Å². The molecule has 0 saturated heterocycles. The Morgan fingerprint density at radius 3 is 2.11 bits per heavy atom. The molecule has 2 aromatic rings. The standard InChI is InChI=1S/C15H16S3/c1-11-9-13(17-3)7-8-15(11)18-14-6-4-5-12(10-14)16-2/h4-10H,1-3H3. The predicted octanol–water partition coefficient (Wildman–Crippen LogP) is 5.59. The Bertz CT molecular complexity index is 535. The molecule has 0 aliphatic heterocycles. The van der Waals surface area contributed by atoms with Gasteiger partial charge in [0, 0.05) is 19.6 Å². The van der Waals surface area contributed by atoms with Gasteiger partial charge in [-0.1, -0.05) is 17.8 Å². The quantitative estimate of drug-likeness (QED) is 0.674. The van der Waals surface area contributed by atoms with Gasteiger partial charge in [-0.25, -0.2) is 0 Å². The van der Waals surface area contributed by atoms with Gasteiger partial charge in [-0.05, 0) is 61.4 Å². The minimum absolute atomic E-state index is 1.31. The first-order valence-corrected chi connectivity index (χ1v) is 8.96. The molecule has 2 rings (SSSR count). The maximum atomic E-state index is 2.26. The topological polar surface area (TPSA) is 0 Å². The minimum atomic E-state index is 1.31. The fourth-order valence-corrected chi connectivity index (χ4v) is 3.63. The van der Waals surface area contributed by atoms with Gasteiger partial charge < -0.3 is 0 Å². The van der Waals surface area contributed by atoms with E-state index in [4.69, 9.17) is 0 Å². The van der Waals surface area contributed by atoms with Gasteiger partial charge in [0.1, 0.15) is 0 Å². The molecule has 0 aliphatic rings. The monoisotopic (exact) mass is 292 g/mol. The maximum absolute atomic E-state index is 2.26. The molecule has 2 aromatic carbocycles. The van der Waals surface area contributed by atoms with E-state index in [-0.39, 0.29) is 0 Å². The lowest BCUT2D eigenvalue weighted by molar-refractivity contribution is 1.23. The molecule has 0 aliphatic carbocycles. The first-order chi connectivity index (χ1) is 8.72. The molecule has 94 valence electrons. The molecule has 0 atom stereocenters. The van der Waals surface area contributed by atoms with Gasteiger partial charge in [-0.15, -0.1) is 23.5 Å². The summed E-state index contributed by atoms with van der Waals surface area (Å²) in [5.74, 6) is 0. The highest BCUT2D eigenvalue weighted by Gasteiger charge is 2.03. The van der Waals surface area contributed by atoms with E-state index in [0.29, 0.717) is 0 Å². The van der Waals surface area contributed by atoms with Crippen LogP contribution >= 0.6 is 35.3 Å². The number of thioether (sulfide) groups is 2. The van der Waals surface area contributed by atoms with Crippen molar-refractivity contribution < 1.29 is 0 Å². The van der Waals surface area contributed by atoms with Gasteiger partial charge in [-0.2, -0.15) is 0 Å². The normalized spacial score (nSPS) is 10.6. The zero-order valence-electron chi connectivity index (χ0n) is 10.8. The Morgan fingerprint density at radius 2 is 1.44 bits per heavy atom. The third kappa shape index (κ3) is 3.50. The van der Waals surface area contributed by atoms with Gasteiger partial charge >= 0.3 is 0 Å². The largest absolute Gasteiger partial charge is 0.130 e. The average molecular weight is 292 g/mol. The van der Waals surface area contributed by atoms with Crippen molar-refractivity contribution in [1.29, 1.82) is 0 Å². The van der Waals surface area contributed by atoms with Crippen LogP contribution in [0.15, 0.2) is 62.0 Å². The van der Waals surface area contributed by atoms with E-state index in [9.17, 15) is 0 Å². The van der Waals surface area contributed by atoms with E-state index in [1.54, 1.807) is 23.5 Å². The number of hydrogen-bond acceptors (Lipinski definition) is 3. The fourth-order valence-electron chi connectivity index (χ4n) is 1.66. The highest BCUT2D eigenvalue weighted by Crippen LogP contribution is 2.33. The molecule has 0 unspecified atom stereocenters. The molecule has 3 heteroatoms. The highest BCUT2D eigenvalue weighted by atomic mass is 32.2. The van der Waals surface area contributed by atoms with Crippen LogP contribution in [0.5, 0.6) is 0 Å². The molecule has 0 aromatic heterocycles. The average Bonchev–Trinajstić information content (AvgIpc) is 2.41. The van der Waals surface area contributed by atoms with Crippen LogP contribution in [0.1, 0.15) is 5.56 Å². The van der Waals surface area contributed by atoms with Crippen LogP contribution in [0, 0.1) is 6.92 Å². The number of rotatable bonds is 4. The molecular formula is C15H16S3. The Morgan fingerprint density at radius 1 is 0.778 bits per heavy atom. The fraction of sp³-hybridized carbons (Fsp3) is 0.200. The molecule has 0 nitrogen and oxygen atoms in total. The van der Waals surface area contributed by atoms with E-state index < -0.39 is 0 Å². The summed E-state index contributed by atoms with van der Waals surface area (Å²) < 4.78 is 0. The molecule has 0 heterocycles. The van der Waals surface area contributed by atoms with Crippen LogP contribution in [-0.4, -0.2) is 12.5 Å². The van der Waals surface area contributed by atoms with E-state index in [1.165, 1.54) is 25.1 Å². The molecule has 0 radical (unpaired) electrons. The molecule has 0 saturated carbocycles. The summed E-state index contributed by atoms with van der Waals surface area (Å²) in [6, 6.07) is 15.4. The Balaban J connectivity index is 2.22. The lowest BCUT2D eigenvalue weighted by Crippen LogP contribution is -1.81. The lowest BCUT2D eigenvalue weighted by Gasteiger charge is -2.08. The molecular weight excluding hydrogens is 276 g/mol. The van der Waals surface area contributed by atoms with E-state index >= 15 is 0 Å². The van der Waals surface area contributed by atoms with Crippen molar-refractivity contribution in [3.63, 3.8) is 0 Å². The van der Waals surface area contributed by atoms with E-state index in [1.807, 2.05) is 11.8 Å². The van der Waals surface area contributed by atoms with Gasteiger partial charge in [0.2, 0.25) is 0 Å². The molecule has 0 amide bonds. The number of hydrogen-bond donors (Lipinski definition) is 0. The summed E-state index contributed by atoms with van der Waals surface area (Å²) in [5.41, 5.74) is 1.35. The zero-order valence-corrected chi connectivity index (χ0v) is 13.2. The number of aryl methyl sites for hydroxylation is 1. The summed E-state index contributed by atoms with van der Waals surface area (Å²) in [4.78, 5) is 5.29. The van der Waals surface area contributed by atoms with Crippen LogP contribution in [0.25, 0.3) is 0 Å². The summed E-state index contributed by atoms with van der Waals surface area (Å²) in [7, 11) is 0. The minimum Gasteiger partial charge on any atom is -0.130 e. The second-order valence-electron chi connectivity index (χ2n) is 3.91. The van der Waals surface area contributed by atoms with Gasteiger partial charge in [0.15, 0.2) is 0 Å². The van der Waals surface area contributed by atoms with Gasteiger partial charge in [0.25, 0.3) is 0 Å². The summed E-state index contributed by atoms with van der Waals surface area (Å²) >= 11 is 5.42. The Kier molecular flexibility index (Phi) is 5.10. The predicted molar refractivity (Wildman–Crippen MR) is 85.3 cm³/mol. The third-order valence-electron chi connectivity index (χ3n) is 2.65. The van der Waals surface area contributed by atoms with Gasteiger partial charge in [0.05, 0.1) is 0 Å². The van der Waals surface area contributed by atoms with Crippen LogP contribution in [-0.2, 0) is 0 Å². The Labute approximate surface area is 122 Å². The van der Waals surface area contributed by atoms with Crippen molar-refractivity contribution in [3.05, 3.63) is 48.0 Å². The van der Waals surface area contributed by atoms with Crippen molar-refractivity contribution in [2.45, 2.75) is 26.5 Å². The summed E-state index contributed by atoms with van der Waals surface area (Å²) in [6.45, 7) is 2.18. The van der Waals surface area contributed by atoms with Crippen molar-refractivity contribution in [3.8, 4) is 0 Å². The highest BCUT2D eigenvalue weighted by molar-refractivity contribution is 8.00.